The summed E-state index contributed by atoms with van der Waals surface area (Å²) in [5.41, 5.74) is 8.47. The van der Waals surface area contributed by atoms with Crippen molar-refractivity contribution >= 4 is 32.7 Å². The number of H-pyrrole nitrogens is 1. The highest BCUT2D eigenvalue weighted by Crippen LogP contribution is 2.38. The minimum absolute atomic E-state index is 0.0140. The van der Waals surface area contributed by atoms with E-state index in [1.165, 1.54) is 6.42 Å². The molecule has 5 heteroatoms. The number of methoxy groups -OCH3 is 1. The maximum absolute atomic E-state index is 5.97. The number of ether oxygens (including phenoxy) is 1. The zero-order valence-corrected chi connectivity index (χ0v) is 11.9. The summed E-state index contributed by atoms with van der Waals surface area (Å²) in [5.74, 6) is 0.955. The smallest absolute Gasteiger partial charge is 0.112 e. The standard InChI is InChI=1S/C13H16BrN3O/c1-18-13(3-2-4-13)7-11-16-10-6-8(14)5-9(15)12(10)17-11/h5-6H,2-4,7,15H2,1H3,(H,16,17). The number of hydrogen-bond donors (Lipinski definition) is 2. The number of imidazole rings is 1. The fourth-order valence-corrected chi connectivity index (χ4v) is 3.05. The quantitative estimate of drug-likeness (QED) is 0.857. The second-order valence-electron chi connectivity index (χ2n) is 4.99. The van der Waals surface area contributed by atoms with Crippen LogP contribution in [0.4, 0.5) is 5.69 Å². The largest absolute Gasteiger partial charge is 0.397 e. The number of nitrogens with one attached hydrogen (secondary N) is 1. The number of nitrogens with two attached hydrogens (primary N) is 1. The maximum atomic E-state index is 5.97. The molecule has 0 radical (unpaired) electrons. The van der Waals surface area contributed by atoms with E-state index >= 15 is 0 Å². The average molecular weight is 310 g/mol. The zero-order valence-electron chi connectivity index (χ0n) is 10.3. The molecule has 4 nitrogen and oxygen atoms in total. The van der Waals surface area contributed by atoms with Crippen LogP contribution in [0.25, 0.3) is 11.0 Å². The lowest BCUT2D eigenvalue weighted by atomic mass is 9.77. The summed E-state index contributed by atoms with van der Waals surface area (Å²) in [4.78, 5) is 7.92. The minimum atomic E-state index is -0.0140. The van der Waals surface area contributed by atoms with E-state index in [9.17, 15) is 0 Å². The Balaban J connectivity index is 1.96. The van der Waals surface area contributed by atoms with Crippen LogP contribution < -0.4 is 5.73 Å². The highest BCUT2D eigenvalue weighted by Gasteiger charge is 2.38. The molecule has 0 atom stereocenters. The van der Waals surface area contributed by atoms with E-state index in [4.69, 9.17) is 10.5 Å². The SMILES string of the molecule is COC1(Cc2nc3c(N)cc(Br)cc3[nH]2)CCC1. The molecule has 3 N–H and O–H groups in total. The Hall–Kier alpha value is -1.07. The number of hydrogen-bond acceptors (Lipinski definition) is 3. The number of nitrogen functional groups attached to an aromatic ring is 1. The van der Waals surface area contributed by atoms with Crippen LogP contribution in [0.2, 0.25) is 0 Å². The highest BCUT2D eigenvalue weighted by molar-refractivity contribution is 9.10. The Morgan fingerprint density at radius 2 is 2.28 bits per heavy atom. The van der Waals surface area contributed by atoms with Gasteiger partial charge in [-0.1, -0.05) is 15.9 Å². The van der Waals surface area contributed by atoms with Gasteiger partial charge in [-0.25, -0.2) is 4.98 Å². The van der Waals surface area contributed by atoms with Gasteiger partial charge in [0.2, 0.25) is 0 Å². The number of benzene rings is 1. The number of rotatable bonds is 3. The third kappa shape index (κ3) is 1.91. The first-order valence-corrected chi connectivity index (χ1v) is 6.90. The van der Waals surface area contributed by atoms with Crippen LogP contribution in [0.15, 0.2) is 16.6 Å². The van der Waals surface area contributed by atoms with Crippen molar-refractivity contribution in [1.82, 2.24) is 9.97 Å². The van der Waals surface area contributed by atoms with Gasteiger partial charge >= 0.3 is 0 Å². The van der Waals surface area contributed by atoms with E-state index in [1.54, 1.807) is 7.11 Å². The fraction of sp³-hybridized carbons (Fsp3) is 0.462. The third-order valence-corrected chi connectivity index (χ3v) is 4.28. The molecule has 1 aliphatic carbocycles. The normalized spacial score (nSPS) is 17.9. The van der Waals surface area contributed by atoms with Crippen LogP contribution in [0, 0.1) is 0 Å². The molecule has 0 bridgehead atoms. The highest BCUT2D eigenvalue weighted by atomic mass is 79.9. The molecule has 2 aromatic rings. The molecule has 1 aromatic heterocycles. The molecule has 96 valence electrons. The van der Waals surface area contributed by atoms with Crippen LogP contribution in [-0.2, 0) is 11.2 Å². The topological polar surface area (TPSA) is 63.9 Å². The Bertz CT molecular complexity index is 584. The van der Waals surface area contributed by atoms with Crippen LogP contribution >= 0.6 is 15.9 Å². The summed E-state index contributed by atoms with van der Waals surface area (Å²) in [7, 11) is 1.78. The number of fused-ring (bicyclic) bond motifs is 1. The first-order chi connectivity index (χ1) is 8.62. The van der Waals surface area contributed by atoms with Crippen molar-refractivity contribution < 1.29 is 4.74 Å². The molecule has 1 heterocycles. The molecule has 1 fully saturated rings. The van der Waals surface area contributed by atoms with Crippen molar-refractivity contribution in [2.45, 2.75) is 31.3 Å². The average Bonchev–Trinajstić information content (AvgIpc) is 2.66. The lowest BCUT2D eigenvalue weighted by molar-refractivity contribution is -0.0719. The predicted molar refractivity (Wildman–Crippen MR) is 75.5 cm³/mol. The van der Waals surface area contributed by atoms with E-state index in [1.807, 2.05) is 12.1 Å². The van der Waals surface area contributed by atoms with Gasteiger partial charge in [0.15, 0.2) is 0 Å². The molecule has 0 saturated heterocycles. The van der Waals surface area contributed by atoms with Gasteiger partial charge in [0.1, 0.15) is 11.3 Å². The Morgan fingerprint density at radius 1 is 1.50 bits per heavy atom. The summed E-state index contributed by atoms with van der Waals surface area (Å²) in [5, 5.41) is 0. The van der Waals surface area contributed by atoms with Crippen molar-refractivity contribution in [3.05, 3.63) is 22.4 Å². The van der Waals surface area contributed by atoms with Crippen molar-refractivity contribution in [2.75, 3.05) is 12.8 Å². The third-order valence-electron chi connectivity index (χ3n) is 3.82. The van der Waals surface area contributed by atoms with E-state index < -0.39 is 0 Å². The van der Waals surface area contributed by atoms with E-state index in [0.29, 0.717) is 5.69 Å². The monoisotopic (exact) mass is 309 g/mol. The lowest BCUT2D eigenvalue weighted by Gasteiger charge is -2.39. The van der Waals surface area contributed by atoms with E-state index in [-0.39, 0.29) is 5.60 Å². The van der Waals surface area contributed by atoms with Gasteiger partial charge in [0, 0.05) is 18.0 Å². The Labute approximate surface area is 114 Å². The van der Waals surface area contributed by atoms with Gasteiger partial charge < -0.3 is 15.5 Å². The van der Waals surface area contributed by atoms with Crippen LogP contribution in [0.5, 0.6) is 0 Å². The lowest BCUT2D eigenvalue weighted by Crippen LogP contribution is -2.41. The Morgan fingerprint density at radius 3 is 2.89 bits per heavy atom. The summed E-state index contributed by atoms with van der Waals surface area (Å²) in [6, 6.07) is 3.88. The van der Waals surface area contributed by atoms with Gasteiger partial charge in [-0.3, -0.25) is 0 Å². The van der Waals surface area contributed by atoms with Gasteiger partial charge in [0.05, 0.1) is 16.8 Å². The summed E-state index contributed by atoms with van der Waals surface area (Å²) in [6.45, 7) is 0. The van der Waals surface area contributed by atoms with Gasteiger partial charge in [-0.15, -0.1) is 0 Å². The molecule has 1 saturated carbocycles. The van der Waals surface area contributed by atoms with Crippen molar-refractivity contribution in [2.24, 2.45) is 0 Å². The first-order valence-electron chi connectivity index (χ1n) is 6.11. The molecular weight excluding hydrogens is 294 g/mol. The molecule has 0 aliphatic heterocycles. The number of aromatic amines is 1. The van der Waals surface area contributed by atoms with Crippen molar-refractivity contribution in [3.8, 4) is 0 Å². The molecular formula is C13H16BrN3O. The maximum Gasteiger partial charge on any atom is 0.112 e. The van der Waals surface area contributed by atoms with Crippen molar-refractivity contribution in [1.29, 1.82) is 0 Å². The summed E-state index contributed by atoms with van der Waals surface area (Å²) in [6.07, 6.45) is 4.29. The molecule has 0 amide bonds. The number of halogens is 1. The van der Waals surface area contributed by atoms with Crippen LogP contribution in [0.3, 0.4) is 0 Å². The second kappa shape index (κ2) is 4.24. The molecule has 3 rings (SSSR count). The van der Waals surface area contributed by atoms with Crippen LogP contribution in [0.1, 0.15) is 25.1 Å². The van der Waals surface area contributed by atoms with E-state index in [2.05, 4.69) is 25.9 Å². The molecule has 18 heavy (non-hydrogen) atoms. The van der Waals surface area contributed by atoms with Gasteiger partial charge in [-0.05, 0) is 31.4 Å². The van der Waals surface area contributed by atoms with Gasteiger partial charge in [0.25, 0.3) is 0 Å². The Kier molecular flexibility index (Phi) is 2.83. The predicted octanol–water partition coefficient (Wildman–Crippen LogP) is 3.02. The fourth-order valence-electron chi connectivity index (χ4n) is 2.57. The molecule has 0 unspecified atom stereocenters. The number of anilines is 1. The molecule has 1 aliphatic rings. The summed E-state index contributed by atoms with van der Waals surface area (Å²) < 4.78 is 6.59. The van der Waals surface area contributed by atoms with Crippen molar-refractivity contribution in [3.63, 3.8) is 0 Å². The van der Waals surface area contributed by atoms with Crippen LogP contribution in [-0.4, -0.2) is 22.7 Å². The zero-order chi connectivity index (χ0) is 12.8. The van der Waals surface area contributed by atoms with Gasteiger partial charge in [-0.2, -0.15) is 0 Å². The number of aromatic nitrogens is 2. The van der Waals surface area contributed by atoms with E-state index in [0.717, 1.165) is 40.6 Å². The first kappa shape index (κ1) is 12.0. The second-order valence-corrected chi connectivity index (χ2v) is 5.91. The minimum Gasteiger partial charge on any atom is -0.397 e. The number of nitrogens with zero attached hydrogens (tertiary/aromatic N) is 1. The summed E-state index contributed by atoms with van der Waals surface area (Å²) >= 11 is 3.44. The molecule has 1 aromatic carbocycles. The molecule has 0 spiro atoms.